The maximum absolute atomic E-state index is 12.0. The SMILES string of the molecule is CCNC(=NCC1CCN(Cc2csc(CC)n2)CC1)N1CCC(C(=O)OCC)CC1.I. The molecule has 0 bridgehead atoms. The van der Waals surface area contributed by atoms with Crippen molar-refractivity contribution in [3.05, 3.63) is 16.1 Å². The smallest absolute Gasteiger partial charge is 0.309 e. The van der Waals surface area contributed by atoms with E-state index in [0.717, 1.165) is 71.0 Å². The summed E-state index contributed by atoms with van der Waals surface area (Å²) >= 11 is 1.78. The molecule has 2 aliphatic heterocycles. The van der Waals surface area contributed by atoms with E-state index in [0.29, 0.717) is 12.5 Å². The van der Waals surface area contributed by atoms with Crippen LogP contribution >= 0.6 is 35.3 Å². The summed E-state index contributed by atoms with van der Waals surface area (Å²) in [4.78, 5) is 26.5. The molecule has 1 aromatic heterocycles. The van der Waals surface area contributed by atoms with Gasteiger partial charge in [0.2, 0.25) is 0 Å². The van der Waals surface area contributed by atoms with Gasteiger partial charge in [0, 0.05) is 38.1 Å². The van der Waals surface area contributed by atoms with Crippen molar-refractivity contribution >= 4 is 47.2 Å². The van der Waals surface area contributed by atoms with Crippen molar-refractivity contribution in [2.24, 2.45) is 16.8 Å². The predicted molar refractivity (Wildman–Crippen MR) is 142 cm³/mol. The first-order valence-corrected chi connectivity index (χ1v) is 12.9. The van der Waals surface area contributed by atoms with Gasteiger partial charge in [-0.3, -0.25) is 14.7 Å². The van der Waals surface area contributed by atoms with Crippen molar-refractivity contribution in [2.45, 2.75) is 59.4 Å². The number of esters is 1. The Bertz CT molecular complexity index is 713. The van der Waals surface area contributed by atoms with Crippen molar-refractivity contribution in [1.29, 1.82) is 0 Å². The summed E-state index contributed by atoms with van der Waals surface area (Å²) in [5, 5.41) is 6.90. The van der Waals surface area contributed by atoms with Crippen LogP contribution in [0.3, 0.4) is 0 Å². The predicted octanol–water partition coefficient (Wildman–Crippen LogP) is 3.78. The van der Waals surface area contributed by atoms with Crippen molar-refractivity contribution in [3.63, 3.8) is 0 Å². The van der Waals surface area contributed by atoms with Gasteiger partial charge in [-0.15, -0.1) is 35.3 Å². The van der Waals surface area contributed by atoms with Crippen molar-refractivity contribution in [2.75, 3.05) is 45.9 Å². The number of rotatable bonds is 8. The number of hydrogen-bond donors (Lipinski definition) is 1. The molecule has 0 atom stereocenters. The van der Waals surface area contributed by atoms with E-state index in [4.69, 9.17) is 14.7 Å². The quantitative estimate of drug-likeness (QED) is 0.220. The normalized spacial score (nSPS) is 19.0. The Labute approximate surface area is 214 Å². The Hall–Kier alpha value is -0.940. The molecular weight excluding hydrogens is 537 g/mol. The number of aryl methyl sites for hydroxylation is 1. The number of aliphatic imine (C=N–C) groups is 1. The third-order valence-corrected chi connectivity index (χ3v) is 7.29. The van der Waals surface area contributed by atoms with Gasteiger partial charge < -0.3 is 15.0 Å². The second-order valence-electron chi connectivity index (χ2n) is 8.51. The van der Waals surface area contributed by atoms with E-state index >= 15 is 0 Å². The highest BCUT2D eigenvalue weighted by Gasteiger charge is 2.27. The Balaban J connectivity index is 0.00000363. The van der Waals surface area contributed by atoms with Gasteiger partial charge in [-0.1, -0.05) is 6.92 Å². The molecular formula is C23H40IN5O2S. The fourth-order valence-corrected chi connectivity index (χ4v) is 5.10. The molecule has 2 aliphatic rings. The van der Waals surface area contributed by atoms with Crippen LogP contribution in [-0.2, 0) is 22.5 Å². The van der Waals surface area contributed by atoms with Crippen LogP contribution in [0.2, 0.25) is 0 Å². The first-order chi connectivity index (χ1) is 15.1. The molecule has 0 aliphatic carbocycles. The second kappa shape index (κ2) is 14.3. The van der Waals surface area contributed by atoms with Gasteiger partial charge in [0.05, 0.1) is 23.2 Å². The Morgan fingerprint density at radius 1 is 1.19 bits per heavy atom. The molecule has 0 saturated carbocycles. The summed E-state index contributed by atoms with van der Waals surface area (Å²) in [6, 6.07) is 0. The third-order valence-electron chi connectivity index (χ3n) is 6.24. The monoisotopic (exact) mass is 577 g/mol. The van der Waals surface area contributed by atoms with Crippen molar-refractivity contribution in [1.82, 2.24) is 20.1 Å². The van der Waals surface area contributed by atoms with Crippen molar-refractivity contribution < 1.29 is 9.53 Å². The molecule has 0 aromatic carbocycles. The van der Waals surface area contributed by atoms with Crippen LogP contribution in [0.5, 0.6) is 0 Å². The fraction of sp³-hybridized carbons (Fsp3) is 0.783. The van der Waals surface area contributed by atoms with Gasteiger partial charge in [-0.05, 0) is 65.0 Å². The molecule has 3 rings (SSSR count). The summed E-state index contributed by atoms with van der Waals surface area (Å²) in [5.41, 5.74) is 1.22. The number of likely N-dealkylation sites (tertiary alicyclic amines) is 2. The zero-order chi connectivity index (χ0) is 22.1. The molecule has 3 heterocycles. The van der Waals surface area contributed by atoms with Gasteiger partial charge in [0.25, 0.3) is 0 Å². The van der Waals surface area contributed by atoms with Crippen LogP contribution < -0.4 is 5.32 Å². The van der Waals surface area contributed by atoms with E-state index in [1.807, 2.05) is 6.92 Å². The topological polar surface area (TPSA) is 70.1 Å². The molecule has 32 heavy (non-hydrogen) atoms. The standard InChI is InChI=1S/C23H39N5O2S.HI/c1-4-21-26-20(17-31-21)16-27-11-7-18(8-12-27)15-25-23(24-5-2)28-13-9-19(10-14-28)22(29)30-6-3;/h17-19H,4-16H2,1-3H3,(H,24,25);1H. The largest absolute Gasteiger partial charge is 0.466 e. The van der Waals surface area contributed by atoms with Crippen LogP contribution in [0.25, 0.3) is 0 Å². The molecule has 1 aromatic rings. The van der Waals surface area contributed by atoms with Crippen LogP contribution in [0.4, 0.5) is 0 Å². The van der Waals surface area contributed by atoms with Gasteiger partial charge in [0.15, 0.2) is 5.96 Å². The first kappa shape index (κ1) is 27.3. The lowest BCUT2D eigenvalue weighted by atomic mass is 9.96. The summed E-state index contributed by atoms with van der Waals surface area (Å²) in [5.74, 6) is 1.64. The zero-order valence-corrected chi connectivity index (χ0v) is 23.0. The minimum atomic E-state index is -0.0422. The van der Waals surface area contributed by atoms with E-state index in [2.05, 4.69) is 34.3 Å². The molecule has 0 radical (unpaired) electrons. The number of guanidine groups is 1. The van der Waals surface area contributed by atoms with E-state index in [1.165, 1.54) is 23.5 Å². The molecule has 182 valence electrons. The van der Waals surface area contributed by atoms with Gasteiger partial charge in [0.1, 0.15) is 0 Å². The van der Waals surface area contributed by atoms with Crippen LogP contribution in [0, 0.1) is 11.8 Å². The number of thiazole rings is 1. The molecule has 9 heteroatoms. The zero-order valence-electron chi connectivity index (χ0n) is 19.8. The minimum absolute atomic E-state index is 0. The number of hydrogen-bond acceptors (Lipinski definition) is 6. The number of piperidine rings is 2. The average molecular weight is 578 g/mol. The molecule has 2 fully saturated rings. The summed E-state index contributed by atoms with van der Waals surface area (Å²) < 4.78 is 5.19. The minimum Gasteiger partial charge on any atom is -0.466 e. The molecule has 0 spiro atoms. The highest BCUT2D eigenvalue weighted by molar-refractivity contribution is 14.0. The maximum atomic E-state index is 12.0. The maximum Gasteiger partial charge on any atom is 0.309 e. The number of carbonyl (C=O) groups excluding carboxylic acids is 1. The Kier molecular flexibility index (Phi) is 12.2. The lowest BCUT2D eigenvalue weighted by Gasteiger charge is -2.34. The number of halogens is 1. The molecule has 1 N–H and O–H groups in total. The number of aromatic nitrogens is 1. The average Bonchev–Trinajstić information content (AvgIpc) is 3.25. The second-order valence-corrected chi connectivity index (χ2v) is 9.46. The third kappa shape index (κ3) is 8.13. The summed E-state index contributed by atoms with van der Waals surface area (Å²) in [6.45, 7) is 13.3. The van der Waals surface area contributed by atoms with Crippen LogP contribution in [0.15, 0.2) is 10.4 Å². The van der Waals surface area contributed by atoms with Crippen LogP contribution in [-0.4, -0.2) is 72.6 Å². The number of nitrogens with one attached hydrogen (secondary N) is 1. The van der Waals surface area contributed by atoms with E-state index < -0.39 is 0 Å². The number of carbonyl (C=O) groups is 1. The molecule has 7 nitrogen and oxygen atoms in total. The Morgan fingerprint density at radius 2 is 1.91 bits per heavy atom. The van der Waals surface area contributed by atoms with Gasteiger partial charge in [-0.25, -0.2) is 4.98 Å². The summed E-state index contributed by atoms with van der Waals surface area (Å²) in [7, 11) is 0. The molecule has 0 amide bonds. The number of nitrogens with zero attached hydrogens (tertiary/aromatic N) is 4. The van der Waals surface area contributed by atoms with Crippen molar-refractivity contribution in [3.8, 4) is 0 Å². The van der Waals surface area contributed by atoms with Gasteiger partial charge >= 0.3 is 5.97 Å². The highest BCUT2D eigenvalue weighted by Crippen LogP contribution is 2.22. The van der Waals surface area contributed by atoms with Gasteiger partial charge in [-0.2, -0.15) is 0 Å². The lowest BCUT2D eigenvalue weighted by molar-refractivity contribution is -0.149. The first-order valence-electron chi connectivity index (χ1n) is 12.0. The number of ether oxygens (including phenoxy) is 1. The highest BCUT2D eigenvalue weighted by atomic mass is 127. The van der Waals surface area contributed by atoms with E-state index in [-0.39, 0.29) is 35.9 Å². The molecule has 0 unspecified atom stereocenters. The van der Waals surface area contributed by atoms with E-state index in [1.54, 1.807) is 11.3 Å². The lowest BCUT2D eigenvalue weighted by Crippen LogP contribution is -2.47. The Morgan fingerprint density at radius 3 is 2.50 bits per heavy atom. The van der Waals surface area contributed by atoms with Crippen LogP contribution in [0.1, 0.15) is 57.2 Å². The fourth-order valence-electron chi connectivity index (χ4n) is 4.37. The summed E-state index contributed by atoms with van der Waals surface area (Å²) in [6.07, 6.45) is 5.10. The molecule has 2 saturated heterocycles. The van der Waals surface area contributed by atoms with E-state index in [9.17, 15) is 4.79 Å².